The van der Waals surface area contributed by atoms with E-state index >= 15 is 0 Å². The SMILES string of the molecule is CC(C)CCCCCC(CCCCCC(C)C)(C(=O)O)C(C(=O)O)S(=O)(=O)O.[Co]. The molecule has 175 valence electrons. The van der Waals surface area contributed by atoms with Crippen molar-refractivity contribution in [1.82, 2.24) is 0 Å². The summed E-state index contributed by atoms with van der Waals surface area (Å²) < 4.78 is 33.1. The second kappa shape index (κ2) is 14.4. The molecule has 0 fully saturated rings. The molecule has 0 aromatic carbocycles. The van der Waals surface area contributed by atoms with Gasteiger partial charge >= 0.3 is 11.9 Å². The normalized spacial score (nSPS) is 13.3. The van der Waals surface area contributed by atoms with Crippen molar-refractivity contribution in [1.29, 1.82) is 0 Å². The largest absolute Gasteiger partial charge is 0.481 e. The summed E-state index contributed by atoms with van der Waals surface area (Å²) in [6.45, 7) is 8.32. The Labute approximate surface area is 186 Å². The van der Waals surface area contributed by atoms with Crippen LogP contribution in [0.2, 0.25) is 0 Å². The van der Waals surface area contributed by atoms with Crippen LogP contribution in [-0.4, -0.2) is 40.4 Å². The van der Waals surface area contributed by atoms with Crippen molar-refractivity contribution < 1.29 is 49.6 Å². The predicted octanol–water partition coefficient (Wildman–Crippen LogP) is 4.61. The van der Waals surface area contributed by atoms with Crippen LogP contribution >= 0.6 is 0 Å². The first-order valence-corrected chi connectivity index (χ1v) is 11.8. The van der Waals surface area contributed by atoms with Crippen LogP contribution in [0.25, 0.3) is 0 Å². The van der Waals surface area contributed by atoms with Gasteiger partial charge in [-0.25, -0.2) is 0 Å². The zero-order valence-corrected chi connectivity index (χ0v) is 19.9. The standard InChI is InChI=1S/C20H38O7S.Co/c1-15(2)11-7-5-9-13-20(19(23)24,14-10-6-8-12-16(3)4)17(18(21)22)28(25,26)27;/h15-17H,5-14H2,1-4H3,(H,21,22)(H,23,24)(H,25,26,27);. The van der Waals surface area contributed by atoms with E-state index in [0.29, 0.717) is 37.5 Å². The van der Waals surface area contributed by atoms with Gasteiger partial charge in [0, 0.05) is 16.8 Å². The van der Waals surface area contributed by atoms with Gasteiger partial charge in [-0.05, 0) is 24.7 Å². The Morgan fingerprint density at radius 2 is 1.17 bits per heavy atom. The average Bonchev–Trinajstić information content (AvgIpc) is 2.51. The van der Waals surface area contributed by atoms with Crippen molar-refractivity contribution >= 4 is 22.1 Å². The summed E-state index contributed by atoms with van der Waals surface area (Å²) in [7, 11) is -5.06. The Bertz CT molecular complexity index is 570. The second-order valence-electron chi connectivity index (χ2n) is 8.68. The van der Waals surface area contributed by atoms with Crippen LogP contribution in [0, 0.1) is 17.3 Å². The number of rotatable bonds is 16. The minimum absolute atomic E-state index is 0. The number of carbonyl (C=O) groups is 2. The number of hydrogen-bond donors (Lipinski definition) is 3. The fourth-order valence-electron chi connectivity index (χ4n) is 3.70. The summed E-state index contributed by atoms with van der Waals surface area (Å²) in [6.07, 6.45) is 5.71. The molecule has 9 heteroatoms. The molecular formula is C20H38CoO7S. The van der Waals surface area contributed by atoms with Gasteiger partial charge in [0.05, 0.1) is 5.41 Å². The summed E-state index contributed by atoms with van der Waals surface area (Å²) in [6, 6.07) is 0. The molecule has 7 nitrogen and oxygen atoms in total. The van der Waals surface area contributed by atoms with Gasteiger partial charge in [-0.15, -0.1) is 0 Å². The van der Waals surface area contributed by atoms with Crippen molar-refractivity contribution in [3.63, 3.8) is 0 Å². The van der Waals surface area contributed by atoms with E-state index in [1.165, 1.54) is 0 Å². The monoisotopic (exact) mass is 481 g/mol. The van der Waals surface area contributed by atoms with Crippen molar-refractivity contribution in [2.45, 2.75) is 97.2 Å². The molecule has 0 heterocycles. The van der Waals surface area contributed by atoms with Gasteiger partial charge in [-0.2, -0.15) is 8.42 Å². The molecule has 29 heavy (non-hydrogen) atoms. The van der Waals surface area contributed by atoms with Gasteiger partial charge < -0.3 is 10.2 Å². The molecular weight excluding hydrogens is 443 g/mol. The topological polar surface area (TPSA) is 129 Å². The molecule has 0 bridgehead atoms. The van der Waals surface area contributed by atoms with Gasteiger partial charge in [-0.1, -0.05) is 79.1 Å². The quantitative estimate of drug-likeness (QED) is 0.217. The van der Waals surface area contributed by atoms with E-state index in [0.717, 1.165) is 25.7 Å². The number of aliphatic carboxylic acids is 2. The zero-order valence-electron chi connectivity index (χ0n) is 18.0. The Hall–Kier alpha value is -0.644. The fourth-order valence-corrected chi connectivity index (χ4v) is 4.86. The van der Waals surface area contributed by atoms with Crippen molar-refractivity contribution in [2.24, 2.45) is 17.3 Å². The average molecular weight is 482 g/mol. The first-order valence-electron chi connectivity index (χ1n) is 10.3. The number of unbranched alkanes of at least 4 members (excludes halogenated alkanes) is 4. The minimum Gasteiger partial charge on any atom is -0.481 e. The van der Waals surface area contributed by atoms with Crippen LogP contribution in [-0.2, 0) is 36.5 Å². The molecule has 1 unspecified atom stereocenters. The molecule has 0 rings (SSSR count). The van der Waals surface area contributed by atoms with E-state index in [9.17, 15) is 32.8 Å². The van der Waals surface area contributed by atoms with Crippen molar-refractivity contribution in [2.75, 3.05) is 0 Å². The molecule has 1 radical (unpaired) electrons. The van der Waals surface area contributed by atoms with Crippen LogP contribution < -0.4 is 0 Å². The summed E-state index contributed by atoms with van der Waals surface area (Å²) in [5.74, 6) is -2.26. The van der Waals surface area contributed by atoms with Gasteiger partial charge in [-0.3, -0.25) is 14.1 Å². The fraction of sp³-hybridized carbons (Fsp3) is 0.900. The number of carboxylic acids is 2. The van der Waals surface area contributed by atoms with E-state index in [1.807, 2.05) is 0 Å². The molecule has 0 aliphatic carbocycles. The van der Waals surface area contributed by atoms with Crippen molar-refractivity contribution in [3.05, 3.63) is 0 Å². The van der Waals surface area contributed by atoms with E-state index in [-0.39, 0.29) is 29.6 Å². The van der Waals surface area contributed by atoms with E-state index in [2.05, 4.69) is 27.7 Å². The van der Waals surface area contributed by atoms with E-state index in [4.69, 9.17) is 0 Å². The van der Waals surface area contributed by atoms with E-state index in [1.54, 1.807) is 0 Å². The molecule has 0 aromatic heterocycles. The first-order chi connectivity index (χ1) is 12.8. The summed E-state index contributed by atoms with van der Waals surface area (Å²) in [5.41, 5.74) is -2.02. The van der Waals surface area contributed by atoms with Gasteiger partial charge in [0.25, 0.3) is 10.1 Å². The molecule has 0 aromatic rings. The maximum absolute atomic E-state index is 12.1. The van der Waals surface area contributed by atoms with Gasteiger partial charge in [0.2, 0.25) is 0 Å². The summed E-state index contributed by atoms with van der Waals surface area (Å²) >= 11 is 0. The maximum Gasteiger partial charge on any atom is 0.325 e. The number of carboxylic acid groups (broad SMARTS) is 2. The molecule has 0 amide bonds. The molecule has 0 aliphatic rings. The van der Waals surface area contributed by atoms with Crippen LogP contribution in [0.3, 0.4) is 0 Å². The smallest absolute Gasteiger partial charge is 0.325 e. The Morgan fingerprint density at radius 1 is 0.793 bits per heavy atom. The Balaban J connectivity index is 0. The first kappa shape index (κ1) is 30.5. The Morgan fingerprint density at radius 3 is 1.41 bits per heavy atom. The molecule has 0 saturated carbocycles. The van der Waals surface area contributed by atoms with E-state index < -0.39 is 32.7 Å². The summed E-state index contributed by atoms with van der Waals surface area (Å²) in [5, 5.41) is 16.9. The van der Waals surface area contributed by atoms with Gasteiger partial charge in [0.15, 0.2) is 5.25 Å². The minimum atomic E-state index is -5.06. The molecule has 0 spiro atoms. The Kier molecular flexibility index (Phi) is 15.1. The van der Waals surface area contributed by atoms with Crippen LogP contribution in [0.15, 0.2) is 0 Å². The molecule has 0 saturated heterocycles. The van der Waals surface area contributed by atoms with Gasteiger partial charge in [0.1, 0.15) is 0 Å². The third-order valence-electron chi connectivity index (χ3n) is 5.26. The van der Waals surface area contributed by atoms with Crippen LogP contribution in [0.5, 0.6) is 0 Å². The maximum atomic E-state index is 12.1. The van der Waals surface area contributed by atoms with Crippen LogP contribution in [0.4, 0.5) is 0 Å². The molecule has 3 N–H and O–H groups in total. The third-order valence-corrected chi connectivity index (χ3v) is 6.51. The number of hydrogen-bond acceptors (Lipinski definition) is 4. The second-order valence-corrected chi connectivity index (χ2v) is 10.2. The predicted molar refractivity (Wildman–Crippen MR) is 109 cm³/mol. The van der Waals surface area contributed by atoms with Crippen molar-refractivity contribution in [3.8, 4) is 0 Å². The zero-order chi connectivity index (χ0) is 22.0. The summed E-state index contributed by atoms with van der Waals surface area (Å²) in [4.78, 5) is 23.8. The molecule has 1 atom stereocenters. The van der Waals surface area contributed by atoms with Crippen LogP contribution in [0.1, 0.15) is 91.9 Å². The molecule has 0 aliphatic heterocycles. The third kappa shape index (κ3) is 11.4.